The Labute approximate surface area is 327 Å². The highest BCUT2D eigenvalue weighted by molar-refractivity contribution is 8.76. The van der Waals surface area contributed by atoms with Gasteiger partial charge in [0.05, 0.1) is 0 Å². The van der Waals surface area contributed by atoms with Gasteiger partial charge >= 0.3 is 11.9 Å². The van der Waals surface area contributed by atoms with Gasteiger partial charge in [-0.3, -0.25) is 9.59 Å². The van der Waals surface area contributed by atoms with E-state index in [9.17, 15) is 29.4 Å². The van der Waals surface area contributed by atoms with Gasteiger partial charge in [0.1, 0.15) is 12.1 Å². The smallest absolute Gasteiger partial charge is 0.327 e. The lowest BCUT2D eigenvalue weighted by Gasteiger charge is -2.21. The number of carboxylic acid groups (broad SMARTS) is 2. The molecule has 0 aliphatic carbocycles. The van der Waals surface area contributed by atoms with E-state index in [4.69, 9.17) is 0 Å². The fourth-order valence-corrected chi connectivity index (χ4v) is 8.97. The number of hydrogen-bond donors (Lipinski definition) is 4. The van der Waals surface area contributed by atoms with Gasteiger partial charge in [0.2, 0.25) is 11.8 Å². The van der Waals surface area contributed by atoms with Crippen LogP contribution in [0.1, 0.15) is 207 Å². The Morgan fingerprint density at radius 1 is 0.404 bits per heavy atom. The predicted molar refractivity (Wildman–Crippen MR) is 223 cm³/mol. The van der Waals surface area contributed by atoms with Gasteiger partial charge in [-0.1, -0.05) is 203 Å². The number of hydrogen-bond acceptors (Lipinski definition) is 6. The Balaban J connectivity index is 5.08. The highest BCUT2D eigenvalue weighted by Crippen LogP contribution is 2.26. The second-order valence-electron chi connectivity index (χ2n) is 15.0. The standard InChI is InChI=1S/C42H80N2O6S2/c1-5-9-13-17-19-23-27-31-35(29-25-21-15-11-7-3)39(45)43-37(41(47)48)33-51-52-34-38(42(49)50)44-40(46)36(30-26-22-16-12-8-4)32-28-24-20-18-14-10-6-2/h35-38H,5-34H2,1-4H3,(H,43,45)(H,44,46)(H,47,48)(H,49,50)/t35?,36?,37-,38-/m0/s1. The van der Waals surface area contributed by atoms with Gasteiger partial charge in [0, 0.05) is 23.3 Å². The van der Waals surface area contributed by atoms with Crippen LogP contribution in [0, 0.1) is 11.8 Å². The third-order valence-corrected chi connectivity index (χ3v) is 12.6. The van der Waals surface area contributed by atoms with Crippen molar-refractivity contribution < 1.29 is 29.4 Å². The first-order valence-electron chi connectivity index (χ1n) is 21.5. The van der Waals surface area contributed by atoms with E-state index in [2.05, 4.69) is 38.3 Å². The zero-order chi connectivity index (χ0) is 38.7. The van der Waals surface area contributed by atoms with E-state index < -0.39 is 24.0 Å². The quantitative estimate of drug-likeness (QED) is 0.0358. The zero-order valence-corrected chi connectivity index (χ0v) is 35.5. The van der Waals surface area contributed by atoms with E-state index in [1.165, 1.54) is 98.6 Å². The highest BCUT2D eigenvalue weighted by atomic mass is 33.1. The van der Waals surface area contributed by atoms with E-state index in [0.29, 0.717) is 0 Å². The molecule has 0 aromatic rings. The summed E-state index contributed by atoms with van der Waals surface area (Å²) in [5.74, 6) is -2.69. The SMILES string of the molecule is CCCCCCCCCC(CCCCCCC)C(=O)N[C@@H](CSSC[C@H](NC(=O)C(CCCCCCC)CCCCCCCCC)C(=O)O)C(=O)O. The molecule has 2 amide bonds. The lowest BCUT2D eigenvalue weighted by atomic mass is 9.93. The van der Waals surface area contributed by atoms with Crippen molar-refractivity contribution in [2.45, 2.75) is 220 Å². The van der Waals surface area contributed by atoms with Crippen molar-refractivity contribution in [2.24, 2.45) is 11.8 Å². The van der Waals surface area contributed by atoms with Crippen molar-refractivity contribution in [2.75, 3.05) is 11.5 Å². The van der Waals surface area contributed by atoms with Crippen LogP contribution in [0.25, 0.3) is 0 Å². The summed E-state index contributed by atoms with van der Waals surface area (Å²) in [6.07, 6.45) is 30.7. The van der Waals surface area contributed by atoms with E-state index in [-0.39, 0.29) is 35.2 Å². The molecule has 0 fully saturated rings. The van der Waals surface area contributed by atoms with Gasteiger partial charge in [-0.05, 0) is 25.7 Å². The molecule has 8 nitrogen and oxygen atoms in total. The third kappa shape index (κ3) is 29.0. The molecule has 52 heavy (non-hydrogen) atoms. The minimum Gasteiger partial charge on any atom is -0.480 e. The second-order valence-corrected chi connectivity index (χ2v) is 17.5. The normalized spacial score (nSPS) is 13.7. The first kappa shape index (κ1) is 50.6. The molecule has 0 rings (SSSR count). The fraction of sp³-hybridized carbons (Fsp3) is 0.905. The van der Waals surface area contributed by atoms with Gasteiger partial charge in [-0.25, -0.2) is 9.59 Å². The molecule has 0 aromatic heterocycles. The van der Waals surface area contributed by atoms with Crippen molar-refractivity contribution in [3.8, 4) is 0 Å². The summed E-state index contributed by atoms with van der Waals surface area (Å²) >= 11 is 0. The maximum absolute atomic E-state index is 13.4. The zero-order valence-electron chi connectivity index (χ0n) is 33.9. The molecular formula is C42H80N2O6S2. The topological polar surface area (TPSA) is 133 Å². The Morgan fingerprint density at radius 2 is 0.635 bits per heavy atom. The summed E-state index contributed by atoms with van der Waals surface area (Å²) in [5.41, 5.74) is 0. The fourth-order valence-electron chi connectivity index (χ4n) is 6.66. The Kier molecular flexibility index (Phi) is 35.6. The molecule has 0 aliphatic rings. The van der Waals surface area contributed by atoms with E-state index in [0.717, 1.165) is 103 Å². The number of rotatable bonds is 39. The number of carbonyl (C=O) groups is 4. The molecule has 0 bridgehead atoms. The summed E-state index contributed by atoms with van der Waals surface area (Å²) in [6.45, 7) is 8.79. The lowest BCUT2D eigenvalue weighted by Crippen LogP contribution is -2.46. The molecule has 4 N–H and O–H groups in total. The summed E-state index contributed by atoms with van der Waals surface area (Å²) in [6, 6.07) is -2.11. The molecule has 0 spiro atoms. The number of amides is 2. The van der Waals surface area contributed by atoms with Gasteiger partial charge in [0.25, 0.3) is 0 Å². The number of unbranched alkanes of at least 4 members (excludes halogenated alkanes) is 20. The summed E-state index contributed by atoms with van der Waals surface area (Å²) in [7, 11) is 2.47. The van der Waals surface area contributed by atoms with Crippen molar-refractivity contribution in [3.05, 3.63) is 0 Å². The van der Waals surface area contributed by atoms with Crippen LogP contribution in [-0.4, -0.2) is 57.6 Å². The summed E-state index contributed by atoms with van der Waals surface area (Å²) in [4.78, 5) is 51.0. The highest BCUT2D eigenvalue weighted by Gasteiger charge is 2.27. The maximum atomic E-state index is 13.4. The molecule has 0 aliphatic heterocycles. The van der Waals surface area contributed by atoms with Crippen LogP contribution < -0.4 is 10.6 Å². The van der Waals surface area contributed by atoms with E-state index in [1.54, 1.807) is 0 Å². The van der Waals surface area contributed by atoms with Crippen LogP contribution in [-0.2, 0) is 19.2 Å². The van der Waals surface area contributed by atoms with Crippen LogP contribution in [0.3, 0.4) is 0 Å². The molecule has 306 valence electrons. The van der Waals surface area contributed by atoms with Crippen LogP contribution in [0.15, 0.2) is 0 Å². The number of aliphatic carboxylic acids is 2. The van der Waals surface area contributed by atoms with E-state index in [1.807, 2.05) is 0 Å². The predicted octanol–water partition coefficient (Wildman–Crippen LogP) is 11.7. The second kappa shape index (κ2) is 36.6. The maximum Gasteiger partial charge on any atom is 0.327 e. The van der Waals surface area contributed by atoms with Crippen molar-refractivity contribution >= 4 is 45.3 Å². The monoisotopic (exact) mass is 773 g/mol. The molecule has 10 heteroatoms. The number of carbonyl (C=O) groups excluding carboxylic acids is 2. The van der Waals surface area contributed by atoms with Crippen LogP contribution in [0.4, 0.5) is 0 Å². The van der Waals surface area contributed by atoms with Gasteiger partial charge in [-0.15, -0.1) is 0 Å². The summed E-state index contributed by atoms with van der Waals surface area (Å²) in [5, 5.41) is 25.5. The van der Waals surface area contributed by atoms with Crippen molar-refractivity contribution in [3.63, 3.8) is 0 Å². The van der Waals surface area contributed by atoms with Gasteiger partial charge in [-0.2, -0.15) is 0 Å². The average Bonchev–Trinajstić information content (AvgIpc) is 3.12. The molecular weight excluding hydrogens is 693 g/mol. The Bertz CT molecular complexity index is 823. The van der Waals surface area contributed by atoms with Gasteiger partial charge < -0.3 is 20.8 Å². The molecule has 0 saturated carbocycles. The third-order valence-electron chi connectivity index (χ3n) is 10.1. The molecule has 0 aromatic carbocycles. The Hall–Kier alpha value is -1.42. The van der Waals surface area contributed by atoms with E-state index >= 15 is 0 Å². The molecule has 4 atom stereocenters. The first-order valence-corrected chi connectivity index (χ1v) is 24.0. The van der Waals surface area contributed by atoms with Crippen LogP contribution >= 0.6 is 21.6 Å². The van der Waals surface area contributed by atoms with Gasteiger partial charge in [0.15, 0.2) is 0 Å². The number of carboxylic acids is 2. The molecule has 0 heterocycles. The lowest BCUT2D eigenvalue weighted by molar-refractivity contribution is -0.142. The van der Waals surface area contributed by atoms with Crippen LogP contribution in [0.2, 0.25) is 0 Å². The minimum atomic E-state index is -1.09. The minimum absolute atomic E-state index is 0.116. The largest absolute Gasteiger partial charge is 0.480 e. The van der Waals surface area contributed by atoms with Crippen molar-refractivity contribution in [1.82, 2.24) is 10.6 Å². The average molecular weight is 773 g/mol. The number of nitrogens with one attached hydrogen (secondary N) is 2. The molecule has 0 radical (unpaired) electrons. The molecule has 0 saturated heterocycles. The van der Waals surface area contributed by atoms with Crippen molar-refractivity contribution in [1.29, 1.82) is 0 Å². The van der Waals surface area contributed by atoms with Crippen LogP contribution in [0.5, 0.6) is 0 Å². The summed E-state index contributed by atoms with van der Waals surface area (Å²) < 4.78 is 0. The molecule has 2 unspecified atom stereocenters. The Morgan fingerprint density at radius 3 is 0.865 bits per heavy atom. The first-order chi connectivity index (χ1) is 25.2.